The Labute approximate surface area is 160 Å². The highest BCUT2D eigenvalue weighted by Gasteiger charge is 2.34. The van der Waals surface area contributed by atoms with E-state index in [4.69, 9.17) is 10.00 Å². The molecule has 0 aromatic carbocycles. The Morgan fingerprint density at radius 1 is 1.57 bits per heavy atom. The van der Waals surface area contributed by atoms with E-state index >= 15 is 0 Å². The number of pyridine rings is 1. The van der Waals surface area contributed by atoms with Gasteiger partial charge in [0.1, 0.15) is 23.4 Å². The predicted octanol–water partition coefficient (Wildman–Crippen LogP) is 2.40. The quantitative estimate of drug-likeness (QED) is 0.612. The lowest BCUT2D eigenvalue weighted by Gasteiger charge is -2.25. The number of hydrogen-bond donors (Lipinski definition) is 3. The Morgan fingerprint density at radius 3 is 2.96 bits per heavy atom. The summed E-state index contributed by atoms with van der Waals surface area (Å²) in [5, 5.41) is 17.3. The van der Waals surface area contributed by atoms with Crippen LogP contribution in [0.5, 0.6) is 0 Å². The van der Waals surface area contributed by atoms with Crippen molar-refractivity contribution in [2.45, 2.75) is 19.2 Å². The Bertz CT molecular complexity index is 793. The molecule has 0 spiro atoms. The maximum Gasteiger partial charge on any atom is 0.419 e. The molecule has 1 saturated heterocycles. The zero-order valence-electron chi connectivity index (χ0n) is 15.2. The molecule has 1 aliphatic rings. The minimum absolute atomic E-state index is 0.113. The second-order valence-electron chi connectivity index (χ2n) is 5.81. The summed E-state index contributed by atoms with van der Waals surface area (Å²) < 4.78 is 45.4. The summed E-state index contributed by atoms with van der Waals surface area (Å²) in [6, 6.07) is 3.06. The summed E-state index contributed by atoms with van der Waals surface area (Å²) in [7, 11) is 0. The van der Waals surface area contributed by atoms with Gasteiger partial charge in [-0.3, -0.25) is 0 Å². The van der Waals surface area contributed by atoms with E-state index in [1.165, 1.54) is 19.2 Å². The van der Waals surface area contributed by atoms with Gasteiger partial charge < -0.3 is 20.7 Å². The van der Waals surface area contributed by atoms with Crippen molar-refractivity contribution in [1.82, 2.24) is 10.3 Å². The van der Waals surface area contributed by atoms with Crippen molar-refractivity contribution in [1.29, 1.82) is 5.26 Å². The number of hydrogen-bond acceptors (Lipinski definition) is 8. The van der Waals surface area contributed by atoms with Crippen molar-refractivity contribution in [3.63, 3.8) is 0 Å². The molecule has 0 bridgehead atoms. The number of aliphatic imine (C=N–C) groups is 2. The number of aromatic nitrogens is 1. The van der Waals surface area contributed by atoms with Crippen LogP contribution in [-0.2, 0) is 10.9 Å². The number of morpholine rings is 1. The van der Waals surface area contributed by atoms with E-state index in [9.17, 15) is 13.2 Å². The van der Waals surface area contributed by atoms with Gasteiger partial charge in [-0.05, 0) is 13.6 Å². The van der Waals surface area contributed by atoms with Crippen LogP contribution in [0.1, 0.15) is 12.5 Å². The molecule has 0 saturated carbocycles. The summed E-state index contributed by atoms with van der Waals surface area (Å²) in [6.07, 6.45) is -2.84. The molecule has 28 heavy (non-hydrogen) atoms. The van der Waals surface area contributed by atoms with Crippen molar-refractivity contribution in [2.75, 3.05) is 36.9 Å². The van der Waals surface area contributed by atoms with Gasteiger partial charge in [-0.25, -0.2) is 15.0 Å². The van der Waals surface area contributed by atoms with Gasteiger partial charge >= 0.3 is 6.18 Å². The smallest absolute Gasteiger partial charge is 0.382 e. The number of halogens is 3. The lowest BCUT2D eigenvalue weighted by Crippen LogP contribution is -2.42. The highest BCUT2D eigenvalue weighted by molar-refractivity contribution is 5.96. The lowest BCUT2D eigenvalue weighted by molar-refractivity contribution is -0.137. The zero-order chi connectivity index (χ0) is 20.6. The minimum atomic E-state index is -4.57. The van der Waals surface area contributed by atoms with E-state index in [1.54, 1.807) is 0 Å². The molecule has 1 aromatic heterocycles. The van der Waals surface area contributed by atoms with E-state index in [0.29, 0.717) is 19.7 Å². The second kappa shape index (κ2) is 9.82. The molecule has 0 aliphatic carbocycles. The van der Waals surface area contributed by atoms with Crippen LogP contribution in [0.15, 0.2) is 34.3 Å². The maximum atomic E-state index is 13.3. The molecule has 0 amide bonds. The van der Waals surface area contributed by atoms with Crippen LogP contribution >= 0.6 is 0 Å². The first-order valence-corrected chi connectivity index (χ1v) is 8.35. The normalized spacial score (nSPS) is 18.3. The summed E-state index contributed by atoms with van der Waals surface area (Å²) in [5.74, 6) is 0.245. The first-order chi connectivity index (χ1) is 13.3. The van der Waals surface area contributed by atoms with Crippen LogP contribution in [-0.4, -0.2) is 49.8 Å². The van der Waals surface area contributed by atoms with Crippen LogP contribution in [0.25, 0.3) is 0 Å². The molecule has 1 atom stereocenters. The fraction of sp³-hybridized carbons (Fsp3) is 0.412. The molecule has 1 fully saturated rings. The second-order valence-corrected chi connectivity index (χ2v) is 5.81. The summed E-state index contributed by atoms with van der Waals surface area (Å²) >= 11 is 0. The average Bonchev–Trinajstić information content (AvgIpc) is 2.69. The van der Waals surface area contributed by atoms with Crippen molar-refractivity contribution >= 4 is 23.9 Å². The third-order valence-corrected chi connectivity index (χ3v) is 3.70. The standard InChI is InChI=1S/C17H20F3N7O/c1-11(6-21)24-10-16(22-2)27-15-5-14(13(9-26-15)17(18,19)20)25-8-12-7-23-3-4-28-12/h5,9-10,12,23H,2-4,7-8H2,1H3,(H2,25,26,27)/b16-10+,24-11?/t12-/m1/s1. The summed E-state index contributed by atoms with van der Waals surface area (Å²) in [5.41, 5.74) is -0.844. The molecule has 2 rings (SSSR count). The number of anilines is 2. The minimum Gasteiger partial charge on any atom is -0.382 e. The van der Waals surface area contributed by atoms with Gasteiger partial charge in [0, 0.05) is 31.9 Å². The topological polar surface area (TPSA) is 107 Å². The van der Waals surface area contributed by atoms with Gasteiger partial charge in [-0.2, -0.15) is 18.4 Å². The van der Waals surface area contributed by atoms with Gasteiger partial charge in [0.15, 0.2) is 0 Å². The third-order valence-electron chi connectivity index (χ3n) is 3.70. The largest absolute Gasteiger partial charge is 0.419 e. The average molecular weight is 395 g/mol. The molecule has 3 N–H and O–H groups in total. The zero-order valence-corrected chi connectivity index (χ0v) is 15.2. The Kier molecular flexibility index (Phi) is 7.48. The first-order valence-electron chi connectivity index (χ1n) is 8.35. The molecule has 11 heteroatoms. The van der Waals surface area contributed by atoms with E-state index in [-0.39, 0.29) is 35.7 Å². The van der Waals surface area contributed by atoms with Gasteiger partial charge in [-0.1, -0.05) is 0 Å². The Hall–Kier alpha value is -2.97. The van der Waals surface area contributed by atoms with E-state index < -0.39 is 11.7 Å². The van der Waals surface area contributed by atoms with Crippen molar-refractivity contribution in [3.8, 4) is 6.07 Å². The van der Waals surface area contributed by atoms with Crippen LogP contribution in [0.3, 0.4) is 0 Å². The molecule has 1 aliphatic heterocycles. The first kappa shape index (κ1) is 21.3. The number of ether oxygens (including phenoxy) is 1. The van der Waals surface area contributed by atoms with Crippen LogP contribution < -0.4 is 16.0 Å². The molecule has 1 aromatic rings. The Morgan fingerprint density at radius 2 is 2.36 bits per heavy atom. The molecular formula is C17H20F3N7O. The highest BCUT2D eigenvalue weighted by Crippen LogP contribution is 2.35. The van der Waals surface area contributed by atoms with Crippen LogP contribution in [0.2, 0.25) is 0 Å². The van der Waals surface area contributed by atoms with Crippen molar-refractivity contribution in [2.24, 2.45) is 9.98 Å². The van der Waals surface area contributed by atoms with Crippen LogP contribution in [0, 0.1) is 11.3 Å². The number of nitrogens with one attached hydrogen (secondary N) is 3. The van der Waals surface area contributed by atoms with Crippen LogP contribution in [0.4, 0.5) is 24.7 Å². The van der Waals surface area contributed by atoms with Gasteiger partial charge in [0.2, 0.25) is 0 Å². The van der Waals surface area contributed by atoms with E-state index in [1.807, 2.05) is 6.07 Å². The Balaban J connectivity index is 2.21. The monoisotopic (exact) mass is 395 g/mol. The molecule has 150 valence electrons. The SMILES string of the molecule is C=N/C(=C\N=C(C)C#N)Nc1cc(NC[C@H]2CNCCO2)c(C(F)(F)F)cn1. The van der Waals surface area contributed by atoms with Gasteiger partial charge in [0.25, 0.3) is 0 Å². The number of nitrogens with zero attached hydrogens (tertiary/aromatic N) is 4. The summed E-state index contributed by atoms with van der Waals surface area (Å²) in [4.78, 5) is 11.3. The van der Waals surface area contributed by atoms with Crippen molar-refractivity contribution < 1.29 is 17.9 Å². The summed E-state index contributed by atoms with van der Waals surface area (Å²) in [6.45, 7) is 6.82. The lowest BCUT2D eigenvalue weighted by atomic mass is 10.2. The molecule has 8 nitrogen and oxygen atoms in total. The predicted molar refractivity (Wildman–Crippen MR) is 100 cm³/mol. The molecule has 0 unspecified atom stereocenters. The maximum absolute atomic E-state index is 13.3. The number of rotatable bonds is 7. The number of alkyl halides is 3. The van der Waals surface area contributed by atoms with E-state index in [2.05, 4.69) is 37.6 Å². The van der Waals surface area contributed by atoms with E-state index in [0.717, 1.165) is 6.20 Å². The molecule has 0 radical (unpaired) electrons. The number of nitriles is 1. The van der Waals surface area contributed by atoms with Gasteiger partial charge in [-0.15, -0.1) is 0 Å². The molecular weight excluding hydrogens is 375 g/mol. The third kappa shape index (κ3) is 6.33. The van der Waals surface area contributed by atoms with Gasteiger partial charge in [0.05, 0.1) is 30.2 Å². The van der Waals surface area contributed by atoms with Crippen molar-refractivity contribution in [3.05, 3.63) is 29.8 Å². The fourth-order valence-electron chi connectivity index (χ4n) is 2.30. The fourth-order valence-corrected chi connectivity index (χ4v) is 2.30. The molecule has 2 heterocycles. The highest BCUT2D eigenvalue weighted by atomic mass is 19.4.